The third-order valence-electron chi connectivity index (χ3n) is 3.45. The number of oxime groups is 1. The second kappa shape index (κ2) is 7.49. The molecule has 4 nitrogen and oxygen atoms in total. The van der Waals surface area contributed by atoms with Gasteiger partial charge in [0.05, 0.1) is 0 Å². The number of unbranched alkanes of at least 4 members (excludes halogenated alkanes) is 1. The third-order valence-corrected chi connectivity index (χ3v) is 3.45. The highest BCUT2D eigenvalue weighted by Gasteiger charge is 2.15. The Bertz CT molecular complexity index is 218. The summed E-state index contributed by atoms with van der Waals surface area (Å²) >= 11 is 0. The molecule has 1 fully saturated rings. The van der Waals surface area contributed by atoms with E-state index in [9.17, 15) is 0 Å². The average Bonchev–Trinajstić information content (AvgIpc) is 2.49. The van der Waals surface area contributed by atoms with Gasteiger partial charge in [0, 0.05) is 12.5 Å². The molecule has 0 aromatic rings. The van der Waals surface area contributed by atoms with Crippen molar-refractivity contribution in [1.82, 2.24) is 4.90 Å². The highest BCUT2D eigenvalue weighted by Crippen LogP contribution is 2.16. The molecular formula is C12H25N3O. The molecule has 4 heteroatoms. The minimum absolute atomic E-state index is 0.351. The van der Waals surface area contributed by atoms with Crippen molar-refractivity contribution in [1.29, 1.82) is 0 Å². The first-order chi connectivity index (χ1) is 7.74. The SMILES string of the molecule is CC1CCCCCN1CCCCC(N)=NO. The van der Waals surface area contributed by atoms with Crippen molar-refractivity contribution >= 4 is 5.84 Å². The molecule has 1 unspecified atom stereocenters. The van der Waals surface area contributed by atoms with E-state index in [1.54, 1.807) is 0 Å². The summed E-state index contributed by atoms with van der Waals surface area (Å²) in [5, 5.41) is 11.4. The van der Waals surface area contributed by atoms with E-state index >= 15 is 0 Å². The van der Waals surface area contributed by atoms with Gasteiger partial charge in [-0.15, -0.1) is 0 Å². The first-order valence-corrected chi connectivity index (χ1v) is 6.44. The summed E-state index contributed by atoms with van der Waals surface area (Å²) in [6.45, 7) is 4.72. The fraction of sp³-hybridized carbons (Fsp3) is 0.917. The first-order valence-electron chi connectivity index (χ1n) is 6.44. The van der Waals surface area contributed by atoms with E-state index in [1.165, 1.54) is 32.2 Å². The summed E-state index contributed by atoms with van der Waals surface area (Å²) in [7, 11) is 0. The van der Waals surface area contributed by atoms with Gasteiger partial charge in [0.15, 0.2) is 0 Å². The Morgan fingerprint density at radius 1 is 1.38 bits per heavy atom. The van der Waals surface area contributed by atoms with E-state index in [0.717, 1.165) is 25.4 Å². The zero-order valence-electron chi connectivity index (χ0n) is 10.4. The second-order valence-corrected chi connectivity index (χ2v) is 4.78. The van der Waals surface area contributed by atoms with Crippen molar-refractivity contribution in [3.63, 3.8) is 0 Å². The van der Waals surface area contributed by atoms with E-state index in [4.69, 9.17) is 10.9 Å². The molecular weight excluding hydrogens is 202 g/mol. The minimum atomic E-state index is 0.351. The smallest absolute Gasteiger partial charge is 0.139 e. The number of nitrogens with zero attached hydrogens (tertiary/aromatic N) is 2. The molecule has 3 N–H and O–H groups in total. The van der Waals surface area contributed by atoms with Gasteiger partial charge in [0.2, 0.25) is 0 Å². The van der Waals surface area contributed by atoms with Gasteiger partial charge in [-0.3, -0.25) is 0 Å². The number of hydrogen-bond donors (Lipinski definition) is 2. The number of likely N-dealkylation sites (tertiary alicyclic amines) is 1. The van der Waals surface area contributed by atoms with Crippen LogP contribution >= 0.6 is 0 Å². The van der Waals surface area contributed by atoms with Gasteiger partial charge in [0.25, 0.3) is 0 Å². The molecule has 16 heavy (non-hydrogen) atoms. The fourth-order valence-corrected chi connectivity index (χ4v) is 2.34. The van der Waals surface area contributed by atoms with Crippen molar-refractivity contribution in [2.75, 3.05) is 13.1 Å². The van der Waals surface area contributed by atoms with Gasteiger partial charge >= 0.3 is 0 Å². The third kappa shape index (κ3) is 4.84. The predicted octanol–water partition coefficient (Wildman–Crippen LogP) is 2.17. The Labute approximate surface area is 98.5 Å². The molecule has 0 spiro atoms. The van der Waals surface area contributed by atoms with Crippen molar-refractivity contribution in [3.05, 3.63) is 0 Å². The maximum Gasteiger partial charge on any atom is 0.139 e. The Balaban J connectivity index is 2.15. The zero-order valence-corrected chi connectivity index (χ0v) is 10.4. The van der Waals surface area contributed by atoms with Crippen molar-refractivity contribution in [3.8, 4) is 0 Å². The molecule has 1 atom stereocenters. The maximum absolute atomic E-state index is 8.41. The molecule has 1 rings (SSSR count). The van der Waals surface area contributed by atoms with Gasteiger partial charge in [-0.25, -0.2) is 0 Å². The Hall–Kier alpha value is -0.770. The van der Waals surface area contributed by atoms with Crippen LogP contribution in [0.2, 0.25) is 0 Å². The first kappa shape index (κ1) is 13.3. The van der Waals surface area contributed by atoms with Crippen LogP contribution in [0, 0.1) is 0 Å². The lowest BCUT2D eigenvalue weighted by Crippen LogP contribution is -2.33. The van der Waals surface area contributed by atoms with E-state index in [1.807, 2.05) is 0 Å². The molecule has 0 amide bonds. The number of nitrogens with two attached hydrogens (primary N) is 1. The summed E-state index contributed by atoms with van der Waals surface area (Å²) in [5.74, 6) is 0.351. The topological polar surface area (TPSA) is 61.8 Å². The standard InChI is InChI=1S/C12H25N3O/c1-11-7-3-2-5-9-15(11)10-6-4-8-12(13)14-16/h11,16H,2-10H2,1H3,(H2,13,14). The summed E-state index contributed by atoms with van der Waals surface area (Å²) in [5.41, 5.74) is 5.43. The minimum Gasteiger partial charge on any atom is -0.409 e. The second-order valence-electron chi connectivity index (χ2n) is 4.78. The number of hydrogen-bond acceptors (Lipinski definition) is 3. The summed E-state index contributed by atoms with van der Waals surface area (Å²) in [6.07, 6.45) is 8.29. The van der Waals surface area contributed by atoms with Crippen LogP contribution in [0.3, 0.4) is 0 Å². The van der Waals surface area contributed by atoms with Crippen LogP contribution in [-0.2, 0) is 0 Å². The van der Waals surface area contributed by atoms with Crippen LogP contribution in [0.15, 0.2) is 5.16 Å². The molecule has 1 saturated heterocycles. The highest BCUT2D eigenvalue weighted by molar-refractivity contribution is 5.79. The van der Waals surface area contributed by atoms with Crippen LogP contribution in [0.25, 0.3) is 0 Å². The van der Waals surface area contributed by atoms with Crippen LogP contribution in [-0.4, -0.2) is 35.1 Å². The van der Waals surface area contributed by atoms with Gasteiger partial charge in [-0.1, -0.05) is 18.0 Å². The molecule has 1 aliphatic rings. The predicted molar refractivity (Wildman–Crippen MR) is 66.8 cm³/mol. The lowest BCUT2D eigenvalue weighted by molar-refractivity contribution is 0.210. The van der Waals surface area contributed by atoms with Crippen LogP contribution in [0.1, 0.15) is 51.9 Å². The monoisotopic (exact) mass is 227 g/mol. The number of amidine groups is 1. The van der Waals surface area contributed by atoms with Crippen LogP contribution < -0.4 is 5.73 Å². The summed E-state index contributed by atoms with van der Waals surface area (Å²) in [6, 6.07) is 0.728. The number of rotatable bonds is 5. The lowest BCUT2D eigenvalue weighted by atomic mass is 10.1. The molecule has 0 aromatic heterocycles. The van der Waals surface area contributed by atoms with E-state index < -0.39 is 0 Å². The van der Waals surface area contributed by atoms with Gasteiger partial charge in [0.1, 0.15) is 5.84 Å². The Morgan fingerprint density at radius 3 is 2.94 bits per heavy atom. The van der Waals surface area contributed by atoms with Crippen LogP contribution in [0.5, 0.6) is 0 Å². The van der Waals surface area contributed by atoms with Crippen molar-refractivity contribution in [2.24, 2.45) is 10.9 Å². The average molecular weight is 227 g/mol. The molecule has 0 aliphatic carbocycles. The van der Waals surface area contributed by atoms with E-state index in [2.05, 4.69) is 17.0 Å². The van der Waals surface area contributed by atoms with Gasteiger partial charge in [-0.2, -0.15) is 0 Å². The summed E-state index contributed by atoms with van der Waals surface area (Å²) < 4.78 is 0. The molecule has 0 saturated carbocycles. The highest BCUT2D eigenvalue weighted by atomic mass is 16.4. The Morgan fingerprint density at radius 2 is 2.19 bits per heavy atom. The fourth-order valence-electron chi connectivity index (χ4n) is 2.34. The summed E-state index contributed by atoms with van der Waals surface area (Å²) in [4.78, 5) is 2.58. The van der Waals surface area contributed by atoms with Gasteiger partial charge in [-0.05, 0) is 45.7 Å². The molecule has 0 aromatic carbocycles. The van der Waals surface area contributed by atoms with Crippen LogP contribution in [0.4, 0.5) is 0 Å². The molecule has 0 radical (unpaired) electrons. The molecule has 0 bridgehead atoms. The Kier molecular flexibility index (Phi) is 6.23. The molecule has 94 valence electrons. The van der Waals surface area contributed by atoms with Gasteiger partial charge < -0.3 is 15.8 Å². The largest absolute Gasteiger partial charge is 0.409 e. The lowest BCUT2D eigenvalue weighted by Gasteiger charge is -2.26. The zero-order chi connectivity index (χ0) is 11.8. The quantitative estimate of drug-likeness (QED) is 0.249. The van der Waals surface area contributed by atoms with E-state index in [0.29, 0.717) is 12.3 Å². The van der Waals surface area contributed by atoms with Crippen molar-refractivity contribution in [2.45, 2.75) is 57.9 Å². The van der Waals surface area contributed by atoms with E-state index in [-0.39, 0.29) is 0 Å². The maximum atomic E-state index is 8.41. The van der Waals surface area contributed by atoms with Crippen molar-refractivity contribution < 1.29 is 5.21 Å². The molecule has 1 aliphatic heterocycles. The normalized spacial score (nSPS) is 24.3. The molecule has 1 heterocycles.